The first-order valence-electron chi connectivity index (χ1n) is 9.65. The zero-order valence-electron chi connectivity index (χ0n) is 17.0. The molecule has 1 fully saturated rings. The second-order valence-corrected chi connectivity index (χ2v) is 8.75. The van der Waals surface area contributed by atoms with Crippen molar-refractivity contribution in [1.29, 1.82) is 0 Å². The number of rotatable bonds is 8. The van der Waals surface area contributed by atoms with E-state index in [2.05, 4.69) is 17.9 Å². The maximum absolute atomic E-state index is 12.8. The molecule has 0 unspecified atom stereocenters. The molecule has 33 heavy (non-hydrogen) atoms. The van der Waals surface area contributed by atoms with Gasteiger partial charge in [-0.2, -0.15) is 0 Å². The number of nitrogens with zero attached hydrogens (tertiary/aromatic N) is 2. The highest BCUT2D eigenvalue weighted by molar-refractivity contribution is 7.96. The number of likely N-dealkylation sites (tertiary alicyclic amines) is 1. The lowest BCUT2D eigenvalue weighted by Crippen LogP contribution is -2.43. The third kappa shape index (κ3) is 6.29. The number of ether oxygens (including phenoxy) is 1. The standard InChI is InChI=1S/C20H19N3O8S2/c24-17(32)6-12-5-15(18(25)21-13-7-16(19(26)27)33-10-13)22(8-12)20(28)31-9-11-1-3-14(4-2-11)23(29)30/h1-4,7,10,12,15H,5-6,8-9H2,(H,21,25)(H,24,32)(H,26,27)/t12-,15-/m0/s1. The molecule has 174 valence electrons. The van der Waals surface area contributed by atoms with Gasteiger partial charge in [-0.3, -0.25) is 24.6 Å². The Morgan fingerprint density at radius 2 is 1.97 bits per heavy atom. The van der Waals surface area contributed by atoms with Gasteiger partial charge < -0.3 is 15.2 Å². The number of hydrogen-bond acceptors (Lipinski definition) is 8. The Labute approximate surface area is 196 Å². The number of nitro benzene ring substituents is 1. The van der Waals surface area contributed by atoms with Crippen LogP contribution in [-0.4, -0.2) is 50.6 Å². The van der Waals surface area contributed by atoms with Crippen molar-refractivity contribution in [2.24, 2.45) is 5.92 Å². The van der Waals surface area contributed by atoms with Crippen LogP contribution >= 0.6 is 24.0 Å². The Kier molecular flexibility index (Phi) is 7.66. The molecule has 13 heteroatoms. The number of carboxylic acid groups (broad SMARTS) is 1. The normalized spacial score (nSPS) is 17.4. The average molecular weight is 494 g/mol. The van der Waals surface area contributed by atoms with Crippen molar-refractivity contribution < 1.29 is 33.9 Å². The predicted molar refractivity (Wildman–Crippen MR) is 120 cm³/mol. The maximum atomic E-state index is 12.8. The molecular weight excluding hydrogens is 474 g/mol. The predicted octanol–water partition coefficient (Wildman–Crippen LogP) is 3.17. The number of anilines is 1. The summed E-state index contributed by atoms with van der Waals surface area (Å²) in [5, 5.41) is 23.5. The lowest BCUT2D eigenvalue weighted by molar-refractivity contribution is -0.384. The molecule has 1 saturated heterocycles. The molecule has 2 N–H and O–H groups in total. The number of non-ortho nitro benzene ring substituents is 1. The maximum Gasteiger partial charge on any atom is 0.410 e. The molecule has 1 aromatic heterocycles. The average Bonchev–Trinajstić information content (AvgIpc) is 3.39. The minimum Gasteiger partial charge on any atom is -0.477 e. The fourth-order valence-corrected chi connectivity index (χ4v) is 4.38. The highest BCUT2D eigenvalue weighted by atomic mass is 32.1. The summed E-state index contributed by atoms with van der Waals surface area (Å²) in [6.07, 6.45) is -0.499. The molecule has 1 aliphatic heterocycles. The van der Waals surface area contributed by atoms with Gasteiger partial charge in [0.2, 0.25) is 5.91 Å². The van der Waals surface area contributed by atoms with Gasteiger partial charge in [0, 0.05) is 30.5 Å². The zero-order valence-corrected chi connectivity index (χ0v) is 18.7. The van der Waals surface area contributed by atoms with Crippen molar-refractivity contribution in [3.05, 3.63) is 56.3 Å². The first-order valence-corrected chi connectivity index (χ1v) is 11.0. The number of benzene rings is 1. The molecule has 0 spiro atoms. The summed E-state index contributed by atoms with van der Waals surface area (Å²) in [5.74, 6) is -1.95. The monoisotopic (exact) mass is 493 g/mol. The quantitative estimate of drug-likeness (QED) is 0.288. The third-order valence-corrected chi connectivity index (χ3v) is 6.08. The Balaban J connectivity index is 1.68. The van der Waals surface area contributed by atoms with E-state index in [0.29, 0.717) is 5.56 Å². The van der Waals surface area contributed by atoms with Crippen molar-refractivity contribution in [3.63, 3.8) is 0 Å². The lowest BCUT2D eigenvalue weighted by Gasteiger charge is -2.23. The fourth-order valence-electron chi connectivity index (χ4n) is 3.45. The molecule has 1 aliphatic rings. The van der Waals surface area contributed by atoms with Gasteiger partial charge in [0.1, 0.15) is 17.5 Å². The van der Waals surface area contributed by atoms with Crippen LogP contribution in [-0.2, 0) is 20.9 Å². The van der Waals surface area contributed by atoms with Crippen LogP contribution in [0.3, 0.4) is 0 Å². The fraction of sp³-hybridized carbons (Fsp3) is 0.300. The second-order valence-electron chi connectivity index (χ2n) is 7.34. The van der Waals surface area contributed by atoms with Crippen LogP contribution in [0.5, 0.6) is 0 Å². The second kappa shape index (κ2) is 10.4. The van der Waals surface area contributed by atoms with E-state index >= 15 is 0 Å². The van der Waals surface area contributed by atoms with Crippen LogP contribution in [0.15, 0.2) is 35.7 Å². The lowest BCUT2D eigenvalue weighted by atomic mass is 10.0. The number of nitro groups is 1. The van der Waals surface area contributed by atoms with Crippen LogP contribution in [0, 0.1) is 16.0 Å². The van der Waals surface area contributed by atoms with E-state index < -0.39 is 28.9 Å². The van der Waals surface area contributed by atoms with Crippen molar-refractivity contribution in [3.8, 4) is 0 Å². The highest BCUT2D eigenvalue weighted by Gasteiger charge is 2.41. The first-order chi connectivity index (χ1) is 15.6. The molecule has 0 saturated carbocycles. The van der Waals surface area contributed by atoms with Gasteiger partial charge in [-0.1, -0.05) is 0 Å². The van der Waals surface area contributed by atoms with Crippen molar-refractivity contribution in [2.45, 2.75) is 25.5 Å². The summed E-state index contributed by atoms with van der Waals surface area (Å²) in [5.41, 5.74) is 0.714. The van der Waals surface area contributed by atoms with Crippen LogP contribution in [0.25, 0.3) is 0 Å². The van der Waals surface area contributed by atoms with Crippen LogP contribution in [0.4, 0.5) is 16.2 Å². The number of aromatic carboxylic acids is 1. The Hall–Kier alpha value is -3.45. The van der Waals surface area contributed by atoms with E-state index in [9.17, 15) is 29.3 Å². The van der Waals surface area contributed by atoms with Gasteiger partial charge in [-0.25, -0.2) is 9.59 Å². The summed E-state index contributed by atoms with van der Waals surface area (Å²) < 4.78 is 5.29. The van der Waals surface area contributed by atoms with Crippen molar-refractivity contribution in [2.75, 3.05) is 11.9 Å². The molecule has 0 radical (unpaired) electrons. The van der Waals surface area contributed by atoms with Gasteiger partial charge in [-0.05, 0) is 36.1 Å². The van der Waals surface area contributed by atoms with Crippen molar-refractivity contribution in [1.82, 2.24) is 4.90 Å². The number of carbonyl (C=O) groups is 4. The molecule has 0 bridgehead atoms. The summed E-state index contributed by atoms with van der Waals surface area (Å²) in [6, 6.07) is 5.87. The summed E-state index contributed by atoms with van der Waals surface area (Å²) in [6.45, 7) is -0.0577. The molecular formula is C20H19N3O8S2. The van der Waals surface area contributed by atoms with Crippen LogP contribution in [0.2, 0.25) is 0 Å². The van der Waals surface area contributed by atoms with Gasteiger partial charge in [0.15, 0.2) is 5.12 Å². The smallest absolute Gasteiger partial charge is 0.410 e. The van der Waals surface area contributed by atoms with Gasteiger partial charge in [0.25, 0.3) is 5.69 Å². The molecule has 2 heterocycles. The number of nitrogens with one attached hydrogen (secondary N) is 1. The van der Waals surface area contributed by atoms with Gasteiger partial charge >= 0.3 is 12.1 Å². The van der Waals surface area contributed by atoms with E-state index in [4.69, 9.17) is 9.84 Å². The minimum absolute atomic E-state index is 0.0506. The highest BCUT2D eigenvalue weighted by Crippen LogP contribution is 2.29. The Morgan fingerprint density at radius 3 is 2.55 bits per heavy atom. The number of hydrogen-bond donors (Lipinski definition) is 3. The number of thiol groups is 1. The largest absolute Gasteiger partial charge is 0.477 e. The number of carbonyl (C=O) groups excluding carboxylic acids is 3. The summed E-state index contributed by atoms with van der Waals surface area (Å²) in [4.78, 5) is 59.5. The van der Waals surface area contributed by atoms with E-state index in [1.165, 1.54) is 40.6 Å². The van der Waals surface area contributed by atoms with E-state index in [-0.39, 0.29) is 53.3 Å². The molecule has 2 atom stereocenters. The molecule has 0 aliphatic carbocycles. The summed E-state index contributed by atoms with van der Waals surface area (Å²) >= 11 is 4.72. The molecule has 11 nitrogen and oxygen atoms in total. The van der Waals surface area contributed by atoms with E-state index in [1.807, 2.05) is 0 Å². The first kappa shape index (κ1) is 24.2. The molecule has 2 aromatic rings. The molecule has 1 aromatic carbocycles. The Bertz CT molecular complexity index is 1090. The number of thiophene rings is 1. The van der Waals surface area contributed by atoms with E-state index in [0.717, 1.165) is 11.3 Å². The van der Waals surface area contributed by atoms with Crippen molar-refractivity contribution >= 4 is 58.4 Å². The van der Waals surface area contributed by atoms with E-state index in [1.54, 1.807) is 0 Å². The van der Waals surface area contributed by atoms with Gasteiger partial charge in [0.05, 0.1) is 10.6 Å². The molecule has 3 rings (SSSR count). The van der Waals surface area contributed by atoms with Crippen LogP contribution in [0.1, 0.15) is 28.1 Å². The number of amides is 2. The number of carboxylic acids is 1. The van der Waals surface area contributed by atoms with Gasteiger partial charge in [-0.15, -0.1) is 24.0 Å². The topological polar surface area (TPSA) is 156 Å². The third-order valence-electron chi connectivity index (χ3n) is 4.98. The SMILES string of the molecule is O=C(S)C[C@@H]1C[C@@H](C(=O)Nc2csc(C(=O)O)c2)N(C(=O)OCc2ccc([N+](=O)[O-])cc2)C1. The Morgan fingerprint density at radius 1 is 1.27 bits per heavy atom. The summed E-state index contributed by atoms with van der Waals surface area (Å²) in [7, 11) is 0. The zero-order chi connectivity index (χ0) is 24.1. The molecule has 2 amide bonds. The van der Waals surface area contributed by atoms with Crippen LogP contribution < -0.4 is 5.32 Å². The minimum atomic E-state index is -1.12.